The average Bonchev–Trinajstić information content (AvgIpc) is 2.84. The lowest BCUT2D eigenvalue weighted by atomic mass is 9.73. The highest BCUT2D eigenvalue weighted by Crippen LogP contribution is 2.41. The van der Waals surface area contributed by atoms with Crippen LogP contribution in [-0.2, 0) is 6.42 Å². The molecule has 1 aliphatic heterocycles. The third-order valence-corrected chi connectivity index (χ3v) is 4.88. The van der Waals surface area contributed by atoms with E-state index in [4.69, 9.17) is 4.74 Å². The average molecular weight is 269 g/mol. The van der Waals surface area contributed by atoms with Crippen LogP contribution in [0.15, 0.2) is 24.3 Å². The molecule has 0 aromatic heterocycles. The highest BCUT2D eigenvalue weighted by Gasteiger charge is 2.36. The molecule has 0 bridgehead atoms. The largest absolute Gasteiger partial charge is 0.490 e. The van der Waals surface area contributed by atoms with Crippen molar-refractivity contribution in [2.24, 2.45) is 5.41 Å². The molecule has 1 fully saturated rings. The zero-order valence-electron chi connectivity index (χ0n) is 12.1. The molecule has 1 heterocycles. The molecule has 1 aromatic rings. The molecule has 1 saturated carbocycles. The first-order valence-corrected chi connectivity index (χ1v) is 7.97. The summed E-state index contributed by atoms with van der Waals surface area (Å²) < 4.78 is 6.06. The van der Waals surface area contributed by atoms with Crippen LogP contribution in [0.2, 0.25) is 0 Å². The summed E-state index contributed by atoms with van der Waals surface area (Å²) in [6, 6.07) is 10.9. The molecule has 0 saturated heterocycles. The Labute approximate surface area is 121 Å². The summed E-state index contributed by atoms with van der Waals surface area (Å²) >= 11 is 0. The highest BCUT2D eigenvalue weighted by molar-refractivity contribution is 5.37. The van der Waals surface area contributed by atoms with Crippen LogP contribution in [-0.4, -0.2) is 6.10 Å². The standard InChI is InChI=1S/C18H23NO/c19-14-18(10-6-2-1-3-7-11-18)13-16-12-15-8-4-5-9-17(15)20-16/h4-5,8-9,16H,1-3,6-7,10-13H2. The molecule has 2 nitrogen and oxygen atoms in total. The number of para-hydroxylation sites is 1. The molecule has 0 amide bonds. The van der Waals surface area contributed by atoms with E-state index in [1.54, 1.807) is 0 Å². The minimum Gasteiger partial charge on any atom is -0.490 e. The number of ether oxygens (including phenoxy) is 1. The fourth-order valence-corrected chi connectivity index (χ4v) is 3.75. The second-order valence-electron chi connectivity index (χ2n) is 6.42. The number of hydrogen-bond donors (Lipinski definition) is 0. The lowest BCUT2D eigenvalue weighted by molar-refractivity contribution is 0.146. The first-order valence-electron chi connectivity index (χ1n) is 7.97. The van der Waals surface area contributed by atoms with Gasteiger partial charge in [-0.05, 0) is 24.5 Å². The summed E-state index contributed by atoms with van der Waals surface area (Å²) in [5.74, 6) is 1.02. The zero-order chi connectivity index (χ0) is 13.8. The Morgan fingerprint density at radius 2 is 1.80 bits per heavy atom. The summed E-state index contributed by atoms with van der Waals surface area (Å²) in [6.07, 6.45) is 10.5. The van der Waals surface area contributed by atoms with Crippen molar-refractivity contribution in [2.45, 2.75) is 63.9 Å². The molecular weight excluding hydrogens is 246 g/mol. The molecule has 1 aliphatic carbocycles. The van der Waals surface area contributed by atoms with Crippen molar-refractivity contribution in [1.82, 2.24) is 0 Å². The van der Waals surface area contributed by atoms with Gasteiger partial charge in [0.2, 0.25) is 0 Å². The minimum absolute atomic E-state index is 0.146. The Morgan fingerprint density at radius 3 is 2.50 bits per heavy atom. The molecular formula is C18H23NO. The smallest absolute Gasteiger partial charge is 0.123 e. The van der Waals surface area contributed by atoms with Gasteiger partial charge in [0, 0.05) is 12.8 Å². The van der Waals surface area contributed by atoms with Gasteiger partial charge >= 0.3 is 0 Å². The van der Waals surface area contributed by atoms with E-state index in [1.807, 2.05) is 12.1 Å². The lowest BCUT2D eigenvalue weighted by Crippen LogP contribution is -2.28. The fourth-order valence-electron chi connectivity index (χ4n) is 3.75. The van der Waals surface area contributed by atoms with E-state index < -0.39 is 0 Å². The van der Waals surface area contributed by atoms with Crippen molar-refractivity contribution in [1.29, 1.82) is 5.26 Å². The number of rotatable bonds is 2. The van der Waals surface area contributed by atoms with E-state index in [-0.39, 0.29) is 11.5 Å². The second kappa shape index (κ2) is 5.87. The summed E-state index contributed by atoms with van der Waals surface area (Å²) in [6.45, 7) is 0. The molecule has 20 heavy (non-hydrogen) atoms. The predicted octanol–water partition coefficient (Wildman–Crippen LogP) is 4.63. The van der Waals surface area contributed by atoms with E-state index in [9.17, 15) is 5.26 Å². The Bertz CT molecular complexity index is 469. The first-order chi connectivity index (χ1) is 9.81. The highest BCUT2D eigenvalue weighted by atomic mass is 16.5. The topological polar surface area (TPSA) is 33.0 Å². The summed E-state index contributed by atoms with van der Waals surface area (Å²) in [5.41, 5.74) is 1.16. The van der Waals surface area contributed by atoms with Gasteiger partial charge in [-0.2, -0.15) is 5.26 Å². The normalized spacial score (nSPS) is 24.9. The maximum absolute atomic E-state index is 9.73. The lowest BCUT2D eigenvalue weighted by Gasteiger charge is -2.30. The van der Waals surface area contributed by atoms with E-state index >= 15 is 0 Å². The van der Waals surface area contributed by atoms with Crippen molar-refractivity contribution in [3.05, 3.63) is 29.8 Å². The minimum atomic E-state index is -0.146. The third-order valence-electron chi connectivity index (χ3n) is 4.88. The molecule has 2 aliphatic rings. The van der Waals surface area contributed by atoms with Crippen LogP contribution in [0.3, 0.4) is 0 Å². The number of hydrogen-bond acceptors (Lipinski definition) is 2. The van der Waals surface area contributed by atoms with Crippen molar-refractivity contribution in [3.63, 3.8) is 0 Å². The maximum atomic E-state index is 9.73. The van der Waals surface area contributed by atoms with Crippen molar-refractivity contribution in [2.75, 3.05) is 0 Å². The van der Waals surface area contributed by atoms with Gasteiger partial charge in [-0.1, -0.05) is 50.3 Å². The van der Waals surface area contributed by atoms with Crippen LogP contribution in [0.4, 0.5) is 0 Å². The predicted molar refractivity (Wildman–Crippen MR) is 79.5 cm³/mol. The number of fused-ring (bicyclic) bond motifs is 1. The maximum Gasteiger partial charge on any atom is 0.123 e. The SMILES string of the molecule is N#CC1(CC2Cc3ccccc3O2)CCCCCCC1. The molecule has 1 aromatic carbocycles. The third kappa shape index (κ3) is 2.82. The van der Waals surface area contributed by atoms with E-state index in [0.717, 1.165) is 31.4 Å². The molecule has 106 valence electrons. The Hall–Kier alpha value is -1.49. The summed E-state index contributed by atoms with van der Waals surface area (Å²) in [4.78, 5) is 0. The van der Waals surface area contributed by atoms with Gasteiger partial charge in [0.15, 0.2) is 0 Å². The molecule has 1 atom stereocenters. The molecule has 2 heteroatoms. The van der Waals surface area contributed by atoms with E-state index in [2.05, 4.69) is 18.2 Å². The number of benzene rings is 1. The second-order valence-corrected chi connectivity index (χ2v) is 6.42. The van der Waals surface area contributed by atoms with Crippen LogP contribution in [0.1, 0.15) is 56.9 Å². The first kappa shape index (κ1) is 13.5. The van der Waals surface area contributed by atoms with Crippen LogP contribution in [0.5, 0.6) is 5.75 Å². The number of nitriles is 1. The summed E-state index contributed by atoms with van der Waals surface area (Å²) in [7, 11) is 0. The van der Waals surface area contributed by atoms with Gasteiger partial charge in [0.05, 0.1) is 11.5 Å². The number of nitrogens with zero attached hydrogens (tertiary/aromatic N) is 1. The van der Waals surface area contributed by atoms with Gasteiger partial charge in [-0.3, -0.25) is 0 Å². The van der Waals surface area contributed by atoms with Gasteiger partial charge in [-0.15, -0.1) is 0 Å². The molecule has 0 spiro atoms. The van der Waals surface area contributed by atoms with Gasteiger partial charge in [-0.25, -0.2) is 0 Å². The Balaban J connectivity index is 1.68. The van der Waals surface area contributed by atoms with Crippen LogP contribution < -0.4 is 4.74 Å². The monoisotopic (exact) mass is 269 g/mol. The van der Waals surface area contributed by atoms with Crippen molar-refractivity contribution in [3.8, 4) is 11.8 Å². The van der Waals surface area contributed by atoms with Gasteiger partial charge in [0.25, 0.3) is 0 Å². The van der Waals surface area contributed by atoms with Gasteiger partial charge in [0.1, 0.15) is 11.9 Å². The molecule has 3 rings (SSSR count). The van der Waals surface area contributed by atoms with E-state index in [1.165, 1.54) is 37.7 Å². The molecule has 0 radical (unpaired) electrons. The fraction of sp³-hybridized carbons (Fsp3) is 0.611. The van der Waals surface area contributed by atoms with Crippen LogP contribution in [0.25, 0.3) is 0 Å². The quantitative estimate of drug-likeness (QED) is 0.784. The van der Waals surface area contributed by atoms with Crippen LogP contribution >= 0.6 is 0 Å². The molecule has 1 unspecified atom stereocenters. The Morgan fingerprint density at radius 1 is 1.10 bits per heavy atom. The van der Waals surface area contributed by atoms with Crippen molar-refractivity contribution >= 4 is 0 Å². The molecule has 0 N–H and O–H groups in total. The van der Waals surface area contributed by atoms with Crippen molar-refractivity contribution < 1.29 is 4.74 Å². The zero-order valence-corrected chi connectivity index (χ0v) is 12.1. The van der Waals surface area contributed by atoms with Crippen LogP contribution in [0, 0.1) is 16.7 Å². The summed E-state index contributed by atoms with van der Waals surface area (Å²) in [5, 5.41) is 9.73. The Kier molecular flexibility index (Phi) is 3.96. The van der Waals surface area contributed by atoms with E-state index in [0.29, 0.717) is 0 Å². The van der Waals surface area contributed by atoms with Gasteiger partial charge < -0.3 is 4.74 Å².